The van der Waals surface area contributed by atoms with Crippen LogP contribution < -0.4 is 5.73 Å². The molecular formula is C13H16N2O2. The molecule has 0 unspecified atom stereocenters. The van der Waals surface area contributed by atoms with Gasteiger partial charge in [0.15, 0.2) is 0 Å². The summed E-state index contributed by atoms with van der Waals surface area (Å²) in [4.78, 5) is 13.8. The fourth-order valence-electron chi connectivity index (χ4n) is 1.30. The minimum absolute atomic E-state index is 0.0694. The van der Waals surface area contributed by atoms with Gasteiger partial charge in [-0.25, -0.2) is 0 Å². The quantitative estimate of drug-likeness (QED) is 0.829. The highest BCUT2D eigenvalue weighted by Crippen LogP contribution is 2.11. The molecule has 0 spiro atoms. The van der Waals surface area contributed by atoms with Crippen molar-refractivity contribution in [1.29, 1.82) is 0 Å². The average Bonchev–Trinajstić information content (AvgIpc) is 2.29. The summed E-state index contributed by atoms with van der Waals surface area (Å²) in [6.07, 6.45) is 1.96. The molecule has 0 bridgehead atoms. The van der Waals surface area contributed by atoms with E-state index in [1.165, 1.54) is 10.9 Å². The number of benzene rings is 1. The number of carbonyl (C=O) groups is 1. The summed E-state index contributed by atoms with van der Waals surface area (Å²) in [5, 5.41) is 9.05. The highest BCUT2D eigenvalue weighted by molar-refractivity contribution is 5.78. The third-order valence-electron chi connectivity index (χ3n) is 2.09. The van der Waals surface area contributed by atoms with Crippen LogP contribution in [0.3, 0.4) is 0 Å². The number of hydrogen-bond donors (Lipinski definition) is 2. The van der Waals surface area contributed by atoms with Crippen LogP contribution in [-0.4, -0.2) is 22.6 Å². The predicted molar refractivity (Wildman–Crippen MR) is 67.8 cm³/mol. The first kappa shape index (κ1) is 13.1. The van der Waals surface area contributed by atoms with Gasteiger partial charge in [0, 0.05) is 18.1 Å². The van der Waals surface area contributed by atoms with Crippen molar-refractivity contribution in [3.05, 3.63) is 42.1 Å². The summed E-state index contributed by atoms with van der Waals surface area (Å²) < 4.78 is 0. The van der Waals surface area contributed by atoms with Gasteiger partial charge in [0.05, 0.1) is 11.9 Å². The standard InChI is InChI=1S/C10H9N.C3H7NO2/c1-8-6-9-4-2-3-5-10(9)11-7-8;4-2-1-3(5)6/h2-7H,1H3;1-2,4H2,(H,5,6). The Kier molecular flexibility index (Phi) is 5.10. The van der Waals surface area contributed by atoms with E-state index in [9.17, 15) is 4.79 Å². The van der Waals surface area contributed by atoms with Crippen LogP contribution in [0.1, 0.15) is 12.0 Å². The van der Waals surface area contributed by atoms with Gasteiger partial charge in [-0.3, -0.25) is 9.78 Å². The van der Waals surface area contributed by atoms with Crippen molar-refractivity contribution in [2.75, 3.05) is 6.54 Å². The molecule has 0 aliphatic carbocycles. The minimum Gasteiger partial charge on any atom is -0.481 e. The second-order valence-electron chi connectivity index (χ2n) is 3.64. The summed E-state index contributed by atoms with van der Waals surface area (Å²) in [7, 11) is 0. The molecular weight excluding hydrogens is 216 g/mol. The van der Waals surface area contributed by atoms with Gasteiger partial charge in [0.25, 0.3) is 0 Å². The number of hydrogen-bond acceptors (Lipinski definition) is 3. The number of rotatable bonds is 2. The maximum Gasteiger partial charge on any atom is 0.304 e. The molecule has 0 amide bonds. The summed E-state index contributed by atoms with van der Waals surface area (Å²) in [6, 6.07) is 10.3. The fourth-order valence-corrected chi connectivity index (χ4v) is 1.30. The Labute approximate surface area is 100 Å². The van der Waals surface area contributed by atoms with Crippen LogP contribution in [0.2, 0.25) is 0 Å². The van der Waals surface area contributed by atoms with Crippen molar-refractivity contribution in [2.45, 2.75) is 13.3 Å². The highest BCUT2D eigenvalue weighted by Gasteiger charge is 1.91. The molecule has 90 valence electrons. The highest BCUT2D eigenvalue weighted by atomic mass is 16.4. The molecule has 0 aliphatic rings. The van der Waals surface area contributed by atoms with Crippen molar-refractivity contribution in [3.8, 4) is 0 Å². The molecule has 1 aromatic carbocycles. The third-order valence-corrected chi connectivity index (χ3v) is 2.09. The SMILES string of the molecule is Cc1cnc2ccccc2c1.NCCC(=O)O. The number of carboxylic acids is 1. The van der Waals surface area contributed by atoms with Gasteiger partial charge in [-0.15, -0.1) is 0 Å². The summed E-state index contributed by atoms with van der Waals surface area (Å²) >= 11 is 0. The van der Waals surface area contributed by atoms with Gasteiger partial charge >= 0.3 is 5.97 Å². The van der Waals surface area contributed by atoms with E-state index in [1.807, 2.05) is 24.4 Å². The van der Waals surface area contributed by atoms with Crippen LogP contribution in [0, 0.1) is 6.92 Å². The molecule has 1 heterocycles. The van der Waals surface area contributed by atoms with Crippen LogP contribution in [0.25, 0.3) is 10.9 Å². The number of aromatic nitrogens is 1. The van der Waals surface area contributed by atoms with E-state index in [1.54, 1.807) is 0 Å². The Morgan fingerprint density at radius 1 is 1.41 bits per heavy atom. The molecule has 0 fully saturated rings. The second kappa shape index (κ2) is 6.60. The molecule has 0 saturated heterocycles. The molecule has 4 heteroatoms. The minimum atomic E-state index is -0.836. The fraction of sp³-hybridized carbons (Fsp3) is 0.231. The van der Waals surface area contributed by atoms with Gasteiger partial charge in [-0.05, 0) is 24.6 Å². The normalized spacial score (nSPS) is 9.53. The van der Waals surface area contributed by atoms with Gasteiger partial charge in [-0.2, -0.15) is 0 Å². The van der Waals surface area contributed by atoms with E-state index < -0.39 is 5.97 Å². The number of aryl methyl sites for hydroxylation is 1. The number of para-hydroxylation sites is 1. The van der Waals surface area contributed by atoms with Gasteiger partial charge < -0.3 is 10.8 Å². The largest absolute Gasteiger partial charge is 0.481 e. The molecule has 2 aromatic rings. The third kappa shape index (κ3) is 4.61. The lowest BCUT2D eigenvalue weighted by atomic mass is 10.2. The maximum absolute atomic E-state index is 9.52. The molecule has 3 N–H and O–H groups in total. The summed E-state index contributed by atoms with van der Waals surface area (Å²) in [5.41, 5.74) is 7.13. The maximum atomic E-state index is 9.52. The van der Waals surface area contributed by atoms with Crippen LogP contribution in [-0.2, 0) is 4.79 Å². The van der Waals surface area contributed by atoms with Crippen molar-refractivity contribution in [2.24, 2.45) is 5.73 Å². The molecule has 0 saturated carbocycles. The van der Waals surface area contributed by atoms with E-state index in [2.05, 4.69) is 24.0 Å². The smallest absolute Gasteiger partial charge is 0.304 e. The lowest BCUT2D eigenvalue weighted by molar-refractivity contribution is -0.136. The topological polar surface area (TPSA) is 76.2 Å². The zero-order valence-electron chi connectivity index (χ0n) is 9.76. The van der Waals surface area contributed by atoms with Gasteiger partial charge in [-0.1, -0.05) is 18.2 Å². The Balaban J connectivity index is 0.000000209. The van der Waals surface area contributed by atoms with E-state index in [-0.39, 0.29) is 13.0 Å². The Morgan fingerprint density at radius 3 is 2.71 bits per heavy atom. The van der Waals surface area contributed by atoms with E-state index in [0.717, 1.165) is 5.52 Å². The van der Waals surface area contributed by atoms with Crippen LogP contribution in [0.5, 0.6) is 0 Å². The van der Waals surface area contributed by atoms with Crippen molar-refractivity contribution >= 4 is 16.9 Å². The first-order valence-corrected chi connectivity index (χ1v) is 5.36. The molecule has 0 aliphatic heterocycles. The number of carboxylic acid groups (broad SMARTS) is 1. The summed E-state index contributed by atoms with van der Waals surface area (Å²) in [6.45, 7) is 2.29. The van der Waals surface area contributed by atoms with E-state index in [4.69, 9.17) is 10.8 Å². The number of nitrogens with two attached hydrogens (primary N) is 1. The zero-order valence-corrected chi connectivity index (χ0v) is 9.76. The Bertz CT molecular complexity index is 497. The number of pyridine rings is 1. The van der Waals surface area contributed by atoms with Crippen molar-refractivity contribution in [1.82, 2.24) is 4.98 Å². The zero-order chi connectivity index (χ0) is 12.7. The number of fused-ring (bicyclic) bond motifs is 1. The lowest BCUT2D eigenvalue weighted by Crippen LogP contribution is -2.05. The van der Waals surface area contributed by atoms with Crippen LogP contribution >= 0.6 is 0 Å². The molecule has 17 heavy (non-hydrogen) atoms. The second-order valence-corrected chi connectivity index (χ2v) is 3.64. The lowest BCUT2D eigenvalue weighted by Gasteiger charge is -1.95. The molecule has 0 atom stereocenters. The molecule has 1 aromatic heterocycles. The molecule has 0 radical (unpaired) electrons. The number of aliphatic carboxylic acids is 1. The Hall–Kier alpha value is -1.94. The van der Waals surface area contributed by atoms with Crippen LogP contribution in [0.15, 0.2) is 36.5 Å². The monoisotopic (exact) mass is 232 g/mol. The van der Waals surface area contributed by atoms with Gasteiger partial charge in [0.1, 0.15) is 0 Å². The Morgan fingerprint density at radius 2 is 2.12 bits per heavy atom. The first-order chi connectivity index (χ1) is 8.13. The predicted octanol–water partition coefficient (Wildman–Crippen LogP) is 1.96. The molecule has 2 rings (SSSR count). The summed E-state index contributed by atoms with van der Waals surface area (Å²) in [5.74, 6) is -0.836. The molecule has 4 nitrogen and oxygen atoms in total. The van der Waals surface area contributed by atoms with Crippen molar-refractivity contribution in [3.63, 3.8) is 0 Å². The van der Waals surface area contributed by atoms with Gasteiger partial charge in [0.2, 0.25) is 0 Å². The van der Waals surface area contributed by atoms with Crippen LogP contribution in [0.4, 0.5) is 0 Å². The first-order valence-electron chi connectivity index (χ1n) is 5.36. The number of nitrogens with zero attached hydrogens (tertiary/aromatic N) is 1. The van der Waals surface area contributed by atoms with E-state index >= 15 is 0 Å². The van der Waals surface area contributed by atoms with E-state index in [0.29, 0.717) is 0 Å². The van der Waals surface area contributed by atoms with Crippen molar-refractivity contribution < 1.29 is 9.90 Å². The average molecular weight is 232 g/mol.